The first-order chi connectivity index (χ1) is 10.3. The van der Waals surface area contributed by atoms with Gasteiger partial charge in [0.05, 0.1) is 11.9 Å². The van der Waals surface area contributed by atoms with Crippen LogP contribution in [-0.2, 0) is 6.42 Å². The number of hydrogen-bond donors (Lipinski definition) is 1. The largest absolute Gasteiger partial charge is 0.354 e. The average molecular weight is 337 g/mol. The van der Waals surface area contributed by atoms with Crippen LogP contribution in [0.1, 0.15) is 11.1 Å². The number of fused-ring (bicyclic) bond motifs is 3. The topological polar surface area (TPSA) is 24.9 Å². The maximum atomic E-state index is 4.18. The summed E-state index contributed by atoms with van der Waals surface area (Å²) >= 11 is 3.44. The van der Waals surface area contributed by atoms with E-state index in [1.54, 1.807) is 6.20 Å². The van der Waals surface area contributed by atoms with Crippen LogP contribution < -0.4 is 5.32 Å². The van der Waals surface area contributed by atoms with Gasteiger partial charge in [-0.2, -0.15) is 0 Å². The minimum Gasteiger partial charge on any atom is -0.354 e. The van der Waals surface area contributed by atoms with E-state index in [1.807, 2.05) is 12.3 Å². The van der Waals surface area contributed by atoms with E-state index in [-0.39, 0.29) is 0 Å². The third kappa shape index (κ3) is 2.34. The molecule has 0 bridgehead atoms. The number of aromatic nitrogens is 1. The Kier molecular flexibility index (Phi) is 3.00. The molecule has 4 rings (SSSR count). The van der Waals surface area contributed by atoms with Gasteiger partial charge in [0, 0.05) is 16.4 Å². The SMILES string of the molecule is Brc1cncc(Nc2ccc3c(c2)Cc2ccccc2-3)c1. The van der Waals surface area contributed by atoms with Crippen molar-refractivity contribution < 1.29 is 0 Å². The number of nitrogens with one attached hydrogen (secondary N) is 1. The minimum absolute atomic E-state index is 0.973. The van der Waals surface area contributed by atoms with Crippen molar-refractivity contribution in [3.8, 4) is 11.1 Å². The highest BCUT2D eigenvalue weighted by molar-refractivity contribution is 9.10. The highest BCUT2D eigenvalue weighted by Gasteiger charge is 2.17. The summed E-state index contributed by atoms with van der Waals surface area (Å²) in [5.74, 6) is 0. The molecule has 102 valence electrons. The molecule has 1 aliphatic carbocycles. The van der Waals surface area contributed by atoms with Crippen LogP contribution in [0.25, 0.3) is 11.1 Å². The molecule has 0 radical (unpaired) electrons. The van der Waals surface area contributed by atoms with Crippen LogP contribution in [0.4, 0.5) is 11.4 Å². The molecule has 0 atom stereocenters. The number of nitrogens with zero attached hydrogens (tertiary/aromatic N) is 1. The first-order valence-corrected chi connectivity index (χ1v) is 7.68. The van der Waals surface area contributed by atoms with E-state index in [2.05, 4.69) is 68.7 Å². The molecular weight excluding hydrogens is 324 g/mol. The van der Waals surface area contributed by atoms with E-state index in [0.717, 1.165) is 22.3 Å². The van der Waals surface area contributed by atoms with Crippen LogP contribution in [-0.4, -0.2) is 4.98 Å². The third-order valence-corrected chi connectivity index (χ3v) is 4.22. The van der Waals surface area contributed by atoms with Crippen molar-refractivity contribution in [2.75, 3.05) is 5.32 Å². The van der Waals surface area contributed by atoms with Crippen LogP contribution >= 0.6 is 15.9 Å². The van der Waals surface area contributed by atoms with E-state index >= 15 is 0 Å². The Morgan fingerprint density at radius 1 is 0.857 bits per heavy atom. The molecule has 0 fully saturated rings. The smallest absolute Gasteiger partial charge is 0.0582 e. The molecule has 3 aromatic rings. The normalized spacial score (nSPS) is 11.9. The first kappa shape index (κ1) is 12.6. The summed E-state index contributed by atoms with van der Waals surface area (Å²) in [5, 5.41) is 3.41. The molecule has 0 unspecified atom stereocenters. The van der Waals surface area contributed by atoms with Gasteiger partial charge >= 0.3 is 0 Å². The van der Waals surface area contributed by atoms with Crippen molar-refractivity contribution in [3.05, 3.63) is 76.5 Å². The van der Waals surface area contributed by atoms with Crippen molar-refractivity contribution >= 4 is 27.3 Å². The summed E-state index contributed by atoms with van der Waals surface area (Å²) in [5.41, 5.74) is 7.59. The van der Waals surface area contributed by atoms with Crippen LogP contribution in [0.3, 0.4) is 0 Å². The molecule has 2 nitrogen and oxygen atoms in total. The molecule has 0 spiro atoms. The van der Waals surface area contributed by atoms with E-state index in [0.29, 0.717) is 0 Å². The second-order valence-electron chi connectivity index (χ2n) is 5.22. The van der Waals surface area contributed by atoms with E-state index in [4.69, 9.17) is 0 Å². The van der Waals surface area contributed by atoms with Crippen molar-refractivity contribution in [1.29, 1.82) is 0 Å². The van der Waals surface area contributed by atoms with Gasteiger partial charge in [0.25, 0.3) is 0 Å². The highest BCUT2D eigenvalue weighted by atomic mass is 79.9. The van der Waals surface area contributed by atoms with E-state index in [1.165, 1.54) is 22.3 Å². The Hall–Kier alpha value is -2.13. The quantitative estimate of drug-likeness (QED) is 0.547. The zero-order valence-electron chi connectivity index (χ0n) is 11.3. The number of anilines is 2. The lowest BCUT2D eigenvalue weighted by Crippen LogP contribution is -1.92. The van der Waals surface area contributed by atoms with E-state index < -0.39 is 0 Å². The van der Waals surface area contributed by atoms with Crippen molar-refractivity contribution in [3.63, 3.8) is 0 Å². The summed E-state index contributed by atoms with van der Waals surface area (Å²) in [6.45, 7) is 0. The second-order valence-corrected chi connectivity index (χ2v) is 6.14. The molecule has 0 amide bonds. The monoisotopic (exact) mass is 336 g/mol. The maximum absolute atomic E-state index is 4.18. The van der Waals surface area contributed by atoms with Gasteiger partial charge in [-0.1, -0.05) is 30.3 Å². The van der Waals surface area contributed by atoms with E-state index in [9.17, 15) is 0 Å². The minimum atomic E-state index is 0.973. The lowest BCUT2D eigenvalue weighted by atomic mass is 10.1. The van der Waals surface area contributed by atoms with Crippen LogP contribution in [0.15, 0.2) is 65.4 Å². The fourth-order valence-electron chi connectivity index (χ4n) is 2.87. The Bertz CT molecular complexity index is 827. The summed E-state index contributed by atoms with van der Waals surface area (Å²) < 4.78 is 0.973. The van der Waals surface area contributed by atoms with Gasteiger partial charge in [-0.25, -0.2) is 0 Å². The standard InChI is InChI=1S/C18H13BrN2/c19-14-9-16(11-20-10-14)21-15-5-6-18-13(8-15)7-12-3-1-2-4-17(12)18/h1-6,8-11,21H,7H2. The molecule has 0 saturated heterocycles. The van der Waals surface area contributed by atoms with Gasteiger partial charge in [-0.15, -0.1) is 0 Å². The maximum Gasteiger partial charge on any atom is 0.0582 e. The number of benzene rings is 2. The van der Waals surface area contributed by atoms with Crippen LogP contribution in [0.2, 0.25) is 0 Å². The number of hydrogen-bond acceptors (Lipinski definition) is 2. The Morgan fingerprint density at radius 2 is 1.71 bits per heavy atom. The van der Waals surface area contributed by atoms with Gasteiger partial charge in [0.2, 0.25) is 0 Å². The van der Waals surface area contributed by atoms with Crippen LogP contribution in [0.5, 0.6) is 0 Å². The van der Waals surface area contributed by atoms with Gasteiger partial charge in [-0.05, 0) is 62.8 Å². The molecule has 1 N–H and O–H groups in total. The fourth-order valence-corrected chi connectivity index (χ4v) is 3.23. The van der Waals surface area contributed by atoms with Gasteiger partial charge in [-0.3, -0.25) is 4.98 Å². The van der Waals surface area contributed by atoms with Gasteiger partial charge in [0.1, 0.15) is 0 Å². The lowest BCUT2D eigenvalue weighted by Gasteiger charge is -2.08. The van der Waals surface area contributed by atoms with Gasteiger partial charge < -0.3 is 5.32 Å². The Morgan fingerprint density at radius 3 is 2.62 bits per heavy atom. The summed E-state index contributed by atoms with van der Waals surface area (Å²) in [6, 6.07) is 17.2. The summed E-state index contributed by atoms with van der Waals surface area (Å²) in [4.78, 5) is 4.18. The number of halogens is 1. The third-order valence-electron chi connectivity index (χ3n) is 3.79. The first-order valence-electron chi connectivity index (χ1n) is 6.88. The molecule has 21 heavy (non-hydrogen) atoms. The van der Waals surface area contributed by atoms with Crippen molar-refractivity contribution in [2.24, 2.45) is 0 Å². The Labute approximate surface area is 132 Å². The van der Waals surface area contributed by atoms with Gasteiger partial charge in [0.15, 0.2) is 0 Å². The van der Waals surface area contributed by atoms with Crippen molar-refractivity contribution in [2.45, 2.75) is 6.42 Å². The summed E-state index contributed by atoms with van der Waals surface area (Å²) in [6.07, 6.45) is 4.62. The second kappa shape index (κ2) is 5.01. The molecular formula is C18H13BrN2. The predicted molar refractivity (Wildman–Crippen MR) is 89.9 cm³/mol. The molecule has 0 saturated carbocycles. The lowest BCUT2D eigenvalue weighted by molar-refractivity contribution is 1.26. The average Bonchev–Trinajstić information content (AvgIpc) is 2.85. The molecule has 2 aromatic carbocycles. The summed E-state index contributed by atoms with van der Waals surface area (Å²) in [7, 11) is 0. The zero-order chi connectivity index (χ0) is 14.2. The molecule has 1 aromatic heterocycles. The number of pyridine rings is 1. The van der Waals surface area contributed by atoms with Crippen molar-refractivity contribution in [1.82, 2.24) is 4.98 Å². The number of rotatable bonds is 2. The zero-order valence-corrected chi connectivity index (χ0v) is 12.9. The fraction of sp³-hybridized carbons (Fsp3) is 0.0556. The Balaban J connectivity index is 1.67. The molecule has 1 aliphatic rings. The molecule has 3 heteroatoms. The molecule has 1 heterocycles. The highest BCUT2D eigenvalue weighted by Crippen LogP contribution is 2.38. The molecule has 0 aliphatic heterocycles. The predicted octanol–water partition coefficient (Wildman–Crippen LogP) is 5.16. The van der Waals surface area contributed by atoms with Crippen LogP contribution in [0, 0.1) is 0 Å².